The van der Waals surface area contributed by atoms with E-state index in [4.69, 9.17) is 5.11 Å². The van der Waals surface area contributed by atoms with Crippen molar-refractivity contribution in [3.63, 3.8) is 0 Å². The summed E-state index contributed by atoms with van der Waals surface area (Å²) < 4.78 is 0. The molecule has 1 N–H and O–H groups in total. The lowest BCUT2D eigenvalue weighted by atomic mass is 10.1. The number of aryl methyl sites for hydroxylation is 1. The van der Waals surface area contributed by atoms with Crippen LogP contribution >= 0.6 is 0 Å². The normalized spacial score (nSPS) is 20.6. The van der Waals surface area contributed by atoms with Crippen LogP contribution in [0, 0.1) is 6.92 Å². The molecule has 1 atom stereocenters. The van der Waals surface area contributed by atoms with Gasteiger partial charge in [0.2, 0.25) is 0 Å². The maximum absolute atomic E-state index is 10.7. The number of hydrogen-bond donors (Lipinski definition) is 1. The average molecular weight is 207 g/mol. The molecule has 1 amide bonds. The van der Waals surface area contributed by atoms with Crippen molar-refractivity contribution in [1.82, 2.24) is 14.9 Å². The zero-order valence-corrected chi connectivity index (χ0v) is 8.55. The van der Waals surface area contributed by atoms with Crippen LogP contribution in [0.15, 0.2) is 12.3 Å². The van der Waals surface area contributed by atoms with Gasteiger partial charge >= 0.3 is 6.09 Å². The van der Waals surface area contributed by atoms with Gasteiger partial charge in [0.25, 0.3) is 0 Å². The summed E-state index contributed by atoms with van der Waals surface area (Å²) in [7, 11) is 0. The second-order valence-corrected chi connectivity index (χ2v) is 3.77. The molecule has 0 radical (unpaired) electrons. The Balaban J connectivity index is 2.11. The molecule has 5 nitrogen and oxygen atoms in total. The van der Waals surface area contributed by atoms with Gasteiger partial charge < -0.3 is 10.0 Å². The fraction of sp³-hybridized carbons (Fsp3) is 0.500. The van der Waals surface area contributed by atoms with Crippen molar-refractivity contribution in [2.24, 2.45) is 0 Å². The van der Waals surface area contributed by atoms with Gasteiger partial charge in [-0.25, -0.2) is 14.8 Å². The van der Waals surface area contributed by atoms with E-state index in [0.717, 1.165) is 17.9 Å². The SMILES string of the molecule is Cc1ccnc(C2CCN(C(=O)O)C2)n1. The molecule has 0 aromatic carbocycles. The third kappa shape index (κ3) is 2.06. The smallest absolute Gasteiger partial charge is 0.407 e. The second kappa shape index (κ2) is 3.84. The first-order valence-corrected chi connectivity index (χ1v) is 4.94. The maximum Gasteiger partial charge on any atom is 0.407 e. The fourth-order valence-electron chi connectivity index (χ4n) is 1.81. The predicted octanol–water partition coefficient (Wildman–Crippen LogP) is 1.25. The number of carboxylic acid groups (broad SMARTS) is 1. The molecule has 1 aromatic rings. The van der Waals surface area contributed by atoms with E-state index >= 15 is 0 Å². The molecule has 80 valence electrons. The molecular weight excluding hydrogens is 194 g/mol. The summed E-state index contributed by atoms with van der Waals surface area (Å²) >= 11 is 0. The van der Waals surface area contributed by atoms with E-state index in [-0.39, 0.29) is 5.92 Å². The van der Waals surface area contributed by atoms with Gasteiger partial charge in [-0.15, -0.1) is 0 Å². The third-order valence-corrected chi connectivity index (χ3v) is 2.64. The van der Waals surface area contributed by atoms with E-state index in [1.807, 2.05) is 13.0 Å². The van der Waals surface area contributed by atoms with Crippen molar-refractivity contribution in [3.8, 4) is 0 Å². The average Bonchev–Trinajstić information content (AvgIpc) is 2.66. The minimum Gasteiger partial charge on any atom is -0.465 e. The van der Waals surface area contributed by atoms with Crippen LogP contribution in [0.4, 0.5) is 4.79 Å². The van der Waals surface area contributed by atoms with Crippen LogP contribution in [0.3, 0.4) is 0 Å². The van der Waals surface area contributed by atoms with E-state index in [9.17, 15) is 4.79 Å². The van der Waals surface area contributed by atoms with E-state index in [1.54, 1.807) is 6.20 Å². The first-order valence-electron chi connectivity index (χ1n) is 4.94. The summed E-state index contributed by atoms with van der Waals surface area (Å²) in [5.41, 5.74) is 0.925. The molecular formula is C10H13N3O2. The number of aromatic nitrogens is 2. The van der Waals surface area contributed by atoms with Gasteiger partial charge in [0.15, 0.2) is 0 Å². The van der Waals surface area contributed by atoms with E-state index < -0.39 is 6.09 Å². The molecule has 1 aliphatic rings. The van der Waals surface area contributed by atoms with Gasteiger partial charge in [0.05, 0.1) is 0 Å². The predicted molar refractivity (Wildman–Crippen MR) is 53.7 cm³/mol. The third-order valence-electron chi connectivity index (χ3n) is 2.64. The quantitative estimate of drug-likeness (QED) is 0.752. The topological polar surface area (TPSA) is 66.3 Å². The van der Waals surface area contributed by atoms with Crippen LogP contribution in [0.25, 0.3) is 0 Å². The lowest BCUT2D eigenvalue weighted by molar-refractivity contribution is 0.155. The van der Waals surface area contributed by atoms with Crippen molar-refractivity contribution < 1.29 is 9.90 Å². The van der Waals surface area contributed by atoms with Crippen molar-refractivity contribution in [3.05, 3.63) is 23.8 Å². The standard InChI is InChI=1S/C10H13N3O2/c1-7-2-4-11-9(12-7)8-3-5-13(6-8)10(14)15/h2,4,8H,3,5-6H2,1H3,(H,14,15). The van der Waals surface area contributed by atoms with Gasteiger partial charge in [-0.1, -0.05) is 0 Å². The monoisotopic (exact) mass is 207 g/mol. The second-order valence-electron chi connectivity index (χ2n) is 3.77. The first-order chi connectivity index (χ1) is 7.16. The highest BCUT2D eigenvalue weighted by Gasteiger charge is 2.28. The minimum atomic E-state index is -0.856. The zero-order chi connectivity index (χ0) is 10.8. The van der Waals surface area contributed by atoms with Gasteiger partial charge in [-0.2, -0.15) is 0 Å². The molecule has 1 aliphatic heterocycles. The molecule has 1 fully saturated rings. The van der Waals surface area contributed by atoms with Crippen LogP contribution in [-0.2, 0) is 0 Å². The fourth-order valence-corrected chi connectivity index (χ4v) is 1.81. The number of hydrogen-bond acceptors (Lipinski definition) is 3. The van der Waals surface area contributed by atoms with Crippen LogP contribution in [0.2, 0.25) is 0 Å². The Hall–Kier alpha value is -1.65. The Morgan fingerprint density at radius 2 is 2.47 bits per heavy atom. The Kier molecular flexibility index (Phi) is 2.53. The number of carbonyl (C=O) groups is 1. The highest BCUT2D eigenvalue weighted by atomic mass is 16.4. The molecule has 2 rings (SSSR count). The summed E-state index contributed by atoms with van der Waals surface area (Å²) in [6, 6.07) is 1.84. The van der Waals surface area contributed by atoms with Gasteiger partial charge in [-0.05, 0) is 19.4 Å². The van der Waals surface area contributed by atoms with Crippen molar-refractivity contribution >= 4 is 6.09 Å². The summed E-state index contributed by atoms with van der Waals surface area (Å²) in [5.74, 6) is 0.916. The first kappa shape index (κ1) is 9.89. The Morgan fingerprint density at radius 1 is 1.67 bits per heavy atom. The Morgan fingerprint density at radius 3 is 3.07 bits per heavy atom. The molecule has 15 heavy (non-hydrogen) atoms. The molecule has 2 heterocycles. The molecule has 1 aromatic heterocycles. The number of amides is 1. The molecule has 0 saturated carbocycles. The number of rotatable bonds is 1. The Labute approximate surface area is 87.8 Å². The van der Waals surface area contributed by atoms with Crippen LogP contribution in [-0.4, -0.2) is 39.2 Å². The van der Waals surface area contributed by atoms with E-state index in [2.05, 4.69) is 9.97 Å². The number of nitrogens with zero attached hydrogens (tertiary/aromatic N) is 3. The molecule has 1 saturated heterocycles. The lowest BCUT2D eigenvalue weighted by Gasteiger charge is -2.11. The molecule has 0 bridgehead atoms. The van der Waals surface area contributed by atoms with Crippen LogP contribution in [0.5, 0.6) is 0 Å². The molecule has 0 spiro atoms. The summed E-state index contributed by atoms with van der Waals surface area (Å²) in [5, 5.41) is 8.82. The van der Waals surface area contributed by atoms with Gasteiger partial charge in [-0.3, -0.25) is 0 Å². The highest BCUT2D eigenvalue weighted by molar-refractivity contribution is 5.65. The summed E-state index contributed by atoms with van der Waals surface area (Å²) in [6.07, 6.45) is 1.68. The molecule has 0 aliphatic carbocycles. The van der Waals surface area contributed by atoms with Crippen molar-refractivity contribution in [2.45, 2.75) is 19.3 Å². The highest BCUT2D eigenvalue weighted by Crippen LogP contribution is 2.24. The summed E-state index contributed by atoms with van der Waals surface area (Å²) in [6.45, 7) is 3.01. The number of likely N-dealkylation sites (tertiary alicyclic amines) is 1. The van der Waals surface area contributed by atoms with Crippen molar-refractivity contribution in [2.75, 3.05) is 13.1 Å². The van der Waals surface area contributed by atoms with Crippen LogP contribution < -0.4 is 0 Å². The van der Waals surface area contributed by atoms with Crippen molar-refractivity contribution in [1.29, 1.82) is 0 Å². The van der Waals surface area contributed by atoms with Gasteiger partial charge in [0, 0.05) is 30.9 Å². The van der Waals surface area contributed by atoms with E-state index in [1.165, 1.54) is 4.90 Å². The molecule has 1 unspecified atom stereocenters. The lowest BCUT2D eigenvalue weighted by Crippen LogP contribution is -2.26. The minimum absolute atomic E-state index is 0.154. The van der Waals surface area contributed by atoms with E-state index in [0.29, 0.717) is 13.1 Å². The van der Waals surface area contributed by atoms with Gasteiger partial charge in [0.1, 0.15) is 5.82 Å². The zero-order valence-electron chi connectivity index (χ0n) is 8.55. The van der Waals surface area contributed by atoms with Crippen LogP contribution in [0.1, 0.15) is 23.9 Å². The Bertz CT molecular complexity index is 381. The maximum atomic E-state index is 10.7. The molecule has 5 heteroatoms. The largest absolute Gasteiger partial charge is 0.465 e. The summed E-state index contributed by atoms with van der Waals surface area (Å²) in [4.78, 5) is 20.6.